The minimum Gasteiger partial charge on any atom is -0.350 e. The molecule has 0 aliphatic rings. The second-order valence-electron chi connectivity index (χ2n) is 7.52. The zero-order valence-electron chi connectivity index (χ0n) is 18.2. The van der Waals surface area contributed by atoms with Crippen LogP contribution in [0.4, 0.5) is 14.5 Å². The first-order valence-corrected chi connectivity index (χ1v) is 12.3. The molecule has 0 spiro atoms. The summed E-state index contributed by atoms with van der Waals surface area (Å²) >= 11 is 13.3. The molecule has 2 N–H and O–H groups in total. The van der Waals surface area contributed by atoms with Crippen LogP contribution >= 0.6 is 35.0 Å². The molecule has 0 saturated carbocycles. The van der Waals surface area contributed by atoms with Crippen molar-refractivity contribution >= 4 is 63.4 Å². The number of amides is 2. The molecule has 0 aliphatic heterocycles. The molecule has 0 unspecified atom stereocenters. The molecule has 4 aromatic rings. The van der Waals surface area contributed by atoms with Crippen molar-refractivity contribution in [3.05, 3.63) is 94.1 Å². The number of nitrogens with zero attached hydrogens (tertiary/aromatic N) is 1. The molecule has 0 fully saturated rings. The molecule has 0 radical (unpaired) electrons. The molecule has 4 rings (SSSR count). The Morgan fingerprint density at radius 1 is 0.943 bits per heavy atom. The number of carbonyl (C=O) groups excluding carboxylic acids is 2. The number of aromatic nitrogens is 1. The molecule has 180 valence electrons. The molecular weight excluding hydrogens is 515 g/mol. The first-order chi connectivity index (χ1) is 16.8. The number of halogens is 4. The maximum absolute atomic E-state index is 13.8. The van der Waals surface area contributed by atoms with Gasteiger partial charge in [-0.3, -0.25) is 9.59 Å². The van der Waals surface area contributed by atoms with Crippen molar-refractivity contribution in [1.29, 1.82) is 0 Å². The van der Waals surface area contributed by atoms with E-state index in [4.69, 9.17) is 23.2 Å². The molecule has 0 saturated heterocycles. The summed E-state index contributed by atoms with van der Waals surface area (Å²) in [5, 5.41) is 7.05. The third-order valence-corrected chi connectivity index (χ3v) is 6.92. The largest absolute Gasteiger partial charge is 0.350 e. The second-order valence-corrected chi connectivity index (χ2v) is 9.35. The van der Waals surface area contributed by atoms with Gasteiger partial charge >= 0.3 is 0 Å². The topological polar surface area (TPSA) is 63.1 Å². The van der Waals surface area contributed by atoms with Gasteiger partial charge in [0.25, 0.3) is 5.91 Å². The molecule has 1 aromatic heterocycles. The van der Waals surface area contributed by atoms with Crippen molar-refractivity contribution in [2.75, 3.05) is 17.6 Å². The van der Waals surface area contributed by atoms with E-state index in [2.05, 4.69) is 10.6 Å². The Hall–Kier alpha value is -3.07. The van der Waals surface area contributed by atoms with E-state index in [9.17, 15) is 18.4 Å². The Kier molecular flexibility index (Phi) is 7.95. The predicted molar refractivity (Wildman–Crippen MR) is 136 cm³/mol. The minimum atomic E-state index is -0.910. The van der Waals surface area contributed by atoms with E-state index in [1.807, 2.05) is 35.0 Å². The van der Waals surface area contributed by atoms with Gasteiger partial charge in [-0.1, -0.05) is 47.5 Å². The maximum Gasteiger partial charge on any atom is 0.257 e. The van der Waals surface area contributed by atoms with E-state index >= 15 is 0 Å². The highest BCUT2D eigenvalue weighted by Crippen LogP contribution is 2.30. The van der Waals surface area contributed by atoms with Crippen LogP contribution in [0.2, 0.25) is 10.0 Å². The molecular formula is C25H19Cl2F2N3O2S. The van der Waals surface area contributed by atoms with Crippen LogP contribution in [0.5, 0.6) is 0 Å². The average molecular weight is 534 g/mol. The molecule has 0 atom stereocenters. The number of para-hydroxylation sites is 1. The fraction of sp³-hybridized carbons (Fsp3) is 0.120. The van der Waals surface area contributed by atoms with Crippen molar-refractivity contribution in [3.63, 3.8) is 0 Å². The number of benzene rings is 3. The quantitative estimate of drug-likeness (QED) is 0.258. The molecule has 5 nitrogen and oxygen atoms in total. The summed E-state index contributed by atoms with van der Waals surface area (Å²) in [6, 6.07) is 15.8. The van der Waals surface area contributed by atoms with Gasteiger partial charge in [0.1, 0.15) is 17.2 Å². The number of fused-ring (bicyclic) bond motifs is 1. The van der Waals surface area contributed by atoms with Gasteiger partial charge in [0, 0.05) is 40.8 Å². The first kappa shape index (κ1) is 25.0. The average Bonchev–Trinajstić information content (AvgIpc) is 3.18. The fourth-order valence-electron chi connectivity index (χ4n) is 3.52. The van der Waals surface area contributed by atoms with Crippen molar-refractivity contribution in [2.24, 2.45) is 0 Å². The van der Waals surface area contributed by atoms with E-state index in [0.29, 0.717) is 22.3 Å². The number of anilines is 1. The van der Waals surface area contributed by atoms with Gasteiger partial charge in [0.15, 0.2) is 0 Å². The highest BCUT2D eigenvalue weighted by Gasteiger charge is 2.17. The first-order valence-electron chi connectivity index (χ1n) is 10.5. The predicted octanol–water partition coefficient (Wildman–Crippen LogP) is 6.39. The highest BCUT2D eigenvalue weighted by atomic mass is 35.5. The van der Waals surface area contributed by atoms with Gasteiger partial charge in [-0.15, -0.1) is 11.8 Å². The summed E-state index contributed by atoms with van der Waals surface area (Å²) in [6.45, 7) is 0.533. The van der Waals surface area contributed by atoms with Crippen molar-refractivity contribution in [2.45, 2.75) is 11.4 Å². The molecule has 0 bridgehead atoms. The third kappa shape index (κ3) is 5.96. The van der Waals surface area contributed by atoms with E-state index in [1.165, 1.54) is 17.8 Å². The number of rotatable bonds is 8. The van der Waals surface area contributed by atoms with Crippen LogP contribution < -0.4 is 10.6 Å². The van der Waals surface area contributed by atoms with E-state index in [0.717, 1.165) is 27.9 Å². The Bertz CT molecular complexity index is 1390. The Balaban J connectivity index is 1.40. The lowest BCUT2D eigenvalue weighted by atomic mass is 10.2. The smallest absolute Gasteiger partial charge is 0.257 e. The van der Waals surface area contributed by atoms with Crippen LogP contribution in [0.1, 0.15) is 10.4 Å². The van der Waals surface area contributed by atoms with Gasteiger partial charge in [-0.2, -0.15) is 0 Å². The lowest BCUT2D eigenvalue weighted by molar-refractivity contribution is -0.113. The van der Waals surface area contributed by atoms with Crippen LogP contribution in [-0.2, 0) is 11.3 Å². The van der Waals surface area contributed by atoms with Crippen molar-refractivity contribution in [1.82, 2.24) is 9.88 Å². The number of nitrogens with one attached hydrogen (secondary N) is 2. The summed E-state index contributed by atoms with van der Waals surface area (Å²) in [4.78, 5) is 25.6. The molecule has 35 heavy (non-hydrogen) atoms. The van der Waals surface area contributed by atoms with Crippen LogP contribution in [0.3, 0.4) is 0 Å². The molecule has 1 heterocycles. The molecule has 0 aliphatic carbocycles. The van der Waals surface area contributed by atoms with E-state index < -0.39 is 23.1 Å². The number of hydrogen-bond acceptors (Lipinski definition) is 3. The summed E-state index contributed by atoms with van der Waals surface area (Å²) < 4.78 is 29.6. The number of carbonyl (C=O) groups is 2. The lowest BCUT2D eigenvalue weighted by Gasteiger charge is -2.09. The zero-order chi connectivity index (χ0) is 24.9. The lowest BCUT2D eigenvalue weighted by Crippen LogP contribution is -2.28. The van der Waals surface area contributed by atoms with Gasteiger partial charge < -0.3 is 15.2 Å². The number of hydrogen-bond donors (Lipinski definition) is 2. The third-order valence-electron chi connectivity index (χ3n) is 5.14. The molecule has 10 heteroatoms. The normalized spacial score (nSPS) is 11.0. The SMILES string of the molecule is O=C(CSc1cn(CCNC(=O)c2c(F)cccc2F)c2ccccc12)Nc1ccc(Cl)c(Cl)c1. The van der Waals surface area contributed by atoms with E-state index in [-0.39, 0.29) is 18.2 Å². The van der Waals surface area contributed by atoms with Crippen LogP contribution in [0.15, 0.2) is 71.8 Å². The minimum absolute atomic E-state index is 0.160. The van der Waals surface area contributed by atoms with Gasteiger partial charge in [0.05, 0.1) is 15.8 Å². The Morgan fingerprint density at radius 3 is 2.43 bits per heavy atom. The van der Waals surface area contributed by atoms with Crippen molar-refractivity contribution < 1.29 is 18.4 Å². The van der Waals surface area contributed by atoms with Crippen LogP contribution in [0.25, 0.3) is 10.9 Å². The summed E-state index contributed by atoms with van der Waals surface area (Å²) in [7, 11) is 0. The van der Waals surface area contributed by atoms with Crippen molar-refractivity contribution in [3.8, 4) is 0 Å². The molecule has 3 aromatic carbocycles. The van der Waals surface area contributed by atoms with E-state index in [1.54, 1.807) is 18.2 Å². The summed E-state index contributed by atoms with van der Waals surface area (Å²) in [5.74, 6) is -2.68. The molecule has 2 amide bonds. The second kappa shape index (κ2) is 11.1. The number of thioether (sulfide) groups is 1. The maximum atomic E-state index is 13.8. The Morgan fingerprint density at radius 2 is 1.69 bits per heavy atom. The Labute approximate surface area is 214 Å². The van der Waals surface area contributed by atoms with Gasteiger partial charge in [-0.05, 0) is 36.4 Å². The summed E-state index contributed by atoms with van der Waals surface area (Å²) in [6.07, 6.45) is 1.89. The van der Waals surface area contributed by atoms with Gasteiger partial charge in [0.2, 0.25) is 5.91 Å². The highest BCUT2D eigenvalue weighted by molar-refractivity contribution is 8.00. The fourth-order valence-corrected chi connectivity index (χ4v) is 4.71. The van der Waals surface area contributed by atoms with Gasteiger partial charge in [-0.25, -0.2) is 8.78 Å². The standard InChI is InChI=1S/C25H19Cl2F2N3O2S/c26-17-9-8-15(12-18(17)27)31-23(33)14-35-22-13-32(21-7-2-1-4-16(21)22)11-10-30-25(34)24-19(28)5-3-6-20(24)29/h1-9,12-13H,10-11,14H2,(H,30,34)(H,31,33). The van der Waals surface area contributed by atoms with Crippen LogP contribution in [0, 0.1) is 11.6 Å². The zero-order valence-corrected chi connectivity index (χ0v) is 20.5. The monoisotopic (exact) mass is 533 g/mol. The van der Waals surface area contributed by atoms with Crippen LogP contribution in [-0.4, -0.2) is 28.7 Å². The summed E-state index contributed by atoms with van der Waals surface area (Å²) in [5.41, 5.74) is 0.856.